The number of amides is 2. The second-order valence-electron chi connectivity index (χ2n) is 8.01. The predicted molar refractivity (Wildman–Crippen MR) is 134 cm³/mol. The lowest BCUT2D eigenvalue weighted by Crippen LogP contribution is -2.50. The fourth-order valence-electron chi connectivity index (χ4n) is 3.75. The molecule has 1 fully saturated rings. The Balaban J connectivity index is 1.70. The first-order valence-corrected chi connectivity index (χ1v) is 13.0. The number of rotatable bonds is 9. The van der Waals surface area contributed by atoms with Gasteiger partial charge >= 0.3 is 0 Å². The van der Waals surface area contributed by atoms with Crippen molar-refractivity contribution in [3.05, 3.63) is 68.7 Å². The van der Waals surface area contributed by atoms with Gasteiger partial charge in [-0.25, -0.2) is 0 Å². The van der Waals surface area contributed by atoms with Crippen LogP contribution in [0.15, 0.2) is 42.5 Å². The molecule has 1 aliphatic rings. The number of nitrogens with zero attached hydrogens (tertiary/aromatic N) is 1. The van der Waals surface area contributed by atoms with Gasteiger partial charge in [0, 0.05) is 39.0 Å². The van der Waals surface area contributed by atoms with Crippen LogP contribution in [0.2, 0.25) is 15.1 Å². The van der Waals surface area contributed by atoms with Crippen LogP contribution in [0.4, 0.5) is 0 Å². The highest BCUT2D eigenvalue weighted by atomic mass is 35.5. The Kier molecular flexibility index (Phi) is 9.60. The zero-order valence-electron chi connectivity index (χ0n) is 18.0. The van der Waals surface area contributed by atoms with Crippen molar-refractivity contribution in [2.24, 2.45) is 0 Å². The molecule has 172 valence electrons. The van der Waals surface area contributed by atoms with Crippen LogP contribution in [0.25, 0.3) is 0 Å². The van der Waals surface area contributed by atoms with E-state index in [9.17, 15) is 9.59 Å². The molecule has 0 spiro atoms. The molecule has 0 aliphatic heterocycles. The van der Waals surface area contributed by atoms with E-state index in [-0.39, 0.29) is 30.2 Å². The number of halogens is 3. The third kappa shape index (κ3) is 7.05. The summed E-state index contributed by atoms with van der Waals surface area (Å²) in [5.74, 6) is 0.642. The molecule has 0 saturated heterocycles. The maximum absolute atomic E-state index is 13.2. The fourth-order valence-corrected chi connectivity index (χ4v) is 5.26. The Morgan fingerprint density at radius 1 is 1.06 bits per heavy atom. The number of carbonyl (C=O) groups is 2. The summed E-state index contributed by atoms with van der Waals surface area (Å²) in [4.78, 5) is 27.7. The topological polar surface area (TPSA) is 49.4 Å². The summed E-state index contributed by atoms with van der Waals surface area (Å²) < 4.78 is 0. The summed E-state index contributed by atoms with van der Waals surface area (Å²) in [6, 6.07) is 12.3. The van der Waals surface area contributed by atoms with Gasteiger partial charge in [0.1, 0.15) is 6.04 Å². The molecular formula is C24H27Cl3N2O2S. The number of nitrogens with one attached hydrogen (secondary N) is 1. The van der Waals surface area contributed by atoms with Crippen molar-refractivity contribution in [1.82, 2.24) is 10.2 Å². The second kappa shape index (κ2) is 12.2. The van der Waals surface area contributed by atoms with Crippen molar-refractivity contribution in [2.45, 2.75) is 57.0 Å². The van der Waals surface area contributed by atoms with E-state index in [4.69, 9.17) is 34.8 Å². The normalized spacial score (nSPS) is 14.9. The minimum atomic E-state index is -0.633. The van der Waals surface area contributed by atoms with Crippen LogP contribution in [-0.2, 0) is 21.9 Å². The van der Waals surface area contributed by atoms with Gasteiger partial charge in [0.25, 0.3) is 0 Å². The van der Waals surface area contributed by atoms with Crippen LogP contribution >= 0.6 is 46.6 Å². The maximum atomic E-state index is 13.2. The van der Waals surface area contributed by atoms with E-state index in [1.165, 1.54) is 11.8 Å². The summed E-state index contributed by atoms with van der Waals surface area (Å²) in [5, 5.41) is 4.74. The first kappa shape index (κ1) is 25.2. The summed E-state index contributed by atoms with van der Waals surface area (Å²) >= 11 is 20.2. The molecule has 2 aromatic carbocycles. The molecule has 3 rings (SSSR count). The van der Waals surface area contributed by atoms with Gasteiger partial charge in [0.05, 0.1) is 5.75 Å². The van der Waals surface area contributed by atoms with E-state index < -0.39 is 6.04 Å². The van der Waals surface area contributed by atoms with Gasteiger partial charge in [0.15, 0.2) is 0 Å². The van der Waals surface area contributed by atoms with Crippen molar-refractivity contribution < 1.29 is 9.59 Å². The van der Waals surface area contributed by atoms with Crippen molar-refractivity contribution >= 4 is 58.4 Å². The molecule has 8 heteroatoms. The number of hydrogen-bond acceptors (Lipinski definition) is 3. The standard InChI is InChI=1S/C24H27Cl3N2O2S/c1-16(24(31)28-19-5-2-3-6-19)29(13-20-21(26)7-4-8-22(20)27)23(30)15-32-14-17-9-11-18(25)12-10-17/h4,7-12,16,19H,2-3,5-6,13-15H2,1H3,(H,28,31). The molecule has 4 nitrogen and oxygen atoms in total. The highest BCUT2D eigenvalue weighted by molar-refractivity contribution is 7.99. The summed E-state index contributed by atoms with van der Waals surface area (Å²) in [5.41, 5.74) is 1.73. The van der Waals surface area contributed by atoms with Gasteiger partial charge < -0.3 is 10.2 Å². The van der Waals surface area contributed by atoms with Crippen molar-refractivity contribution in [3.8, 4) is 0 Å². The van der Waals surface area contributed by atoms with E-state index in [2.05, 4.69) is 5.32 Å². The molecule has 32 heavy (non-hydrogen) atoms. The Morgan fingerprint density at radius 3 is 2.31 bits per heavy atom. The molecule has 1 unspecified atom stereocenters. The van der Waals surface area contributed by atoms with Gasteiger partial charge in [-0.1, -0.05) is 65.8 Å². The van der Waals surface area contributed by atoms with Crippen LogP contribution in [0, 0.1) is 0 Å². The van der Waals surface area contributed by atoms with E-state index >= 15 is 0 Å². The minimum absolute atomic E-state index is 0.131. The van der Waals surface area contributed by atoms with E-state index in [1.54, 1.807) is 30.0 Å². The molecule has 1 N–H and O–H groups in total. The van der Waals surface area contributed by atoms with Crippen molar-refractivity contribution in [1.29, 1.82) is 0 Å². The zero-order chi connectivity index (χ0) is 23.1. The molecule has 0 heterocycles. The van der Waals surface area contributed by atoms with Crippen LogP contribution in [0.3, 0.4) is 0 Å². The smallest absolute Gasteiger partial charge is 0.242 e. The number of hydrogen-bond donors (Lipinski definition) is 1. The summed E-state index contributed by atoms with van der Waals surface area (Å²) in [7, 11) is 0. The molecule has 1 saturated carbocycles. The van der Waals surface area contributed by atoms with Gasteiger partial charge in [-0.2, -0.15) is 0 Å². The summed E-state index contributed by atoms with van der Waals surface area (Å²) in [6.07, 6.45) is 4.22. The van der Waals surface area contributed by atoms with E-state index in [0.717, 1.165) is 31.2 Å². The molecule has 1 aliphatic carbocycles. The van der Waals surface area contributed by atoms with Crippen LogP contribution < -0.4 is 5.32 Å². The first-order valence-electron chi connectivity index (χ1n) is 10.7. The average molecular weight is 514 g/mol. The molecular weight excluding hydrogens is 487 g/mol. The third-order valence-corrected chi connectivity index (χ3v) is 7.62. The third-order valence-electron chi connectivity index (χ3n) is 5.67. The SMILES string of the molecule is CC(C(=O)NC1CCCC1)N(Cc1c(Cl)cccc1Cl)C(=O)CSCc1ccc(Cl)cc1. The minimum Gasteiger partial charge on any atom is -0.352 e. The lowest BCUT2D eigenvalue weighted by Gasteiger charge is -2.30. The highest BCUT2D eigenvalue weighted by Gasteiger charge is 2.29. The average Bonchev–Trinajstić information content (AvgIpc) is 3.27. The molecule has 2 aromatic rings. The van der Waals surface area contributed by atoms with Gasteiger partial charge in [0.2, 0.25) is 11.8 Å². The second-order valence-corrected chi connectivity index (χ2v) is 10.2. The van der Waals surface area contributed by atoms with Gasteiger partial charge in [-0.3, -0.25) is 9.59 Å². The Bertz CT molecular complexity index is 913. The lowest BCUT2D eigenvalue weighted by molar-refractivity contribution is -0.138. The highest BCUT2D eigenvalue weighted by Crippen LogP contribution is 2.27. The Morgan fingerprint density at radius 2 is 1.69 bits per heavy atom. The lowest BCUT2D eigenvalue weighted by atomic mass is 10.1. The number of benzene rings is 2. The van der Waals surface area contributed by atoms with E-state index in [1.807, 2.05) is 24.3 Å². The molecule has 2 amide bonds. The molecule has 1 atom stereocenters. The van der Waals surface area contributed by atoms with Crippen molar-refractivity contribution in [2.75, 3.05) is 5.75 Å². The fraction of sp³-hybridized carbons (Fsp3) is 0.417. The van der Waals surface area contributed by atoms with Crippen molar-refractivity contribution in [3.63, 3.8) is 0 Å². The number of carbonyl (C=O) groups excluding carboxylic acids is 2. The van der Waals surface area contributed by atoms with Crippen LogP contribution in [0.5, 0.6) is 0 Å². The van der Waals surface area contributed by atoms with Crippen LogP contribution in [-0.4, -0.2) is 34.6 Å². The number of thioether (sulfide) groups is 1. The van der Waals surface area contributed by atoms with Gasteiger partial charge in [-0.05, 0) is 49.6 Å². The van der Waals surface area contributed by atoms with Gasteiger partial charge in [-0.15, -0.1) is 11.8 Å². The predicted octanol–water partition coefficient (Wildman–Crippen LogP) is 6.36. The maximum Gasteiger partial charge on any atom is 0.242 e. The zero-order valence-corrected chi connectivity index (χ0v) is 21.0. The monoisotopic (exact) mass is 512 g/mol. The quantitative estimate of drug-likeness (QED) is 0.425. The Hall–Kier alpha value is -1.40. The Labute approximate surface area is 209 Å². The molecule has 0 aromatic heterocycles. The summed E-state index contributed by atoms with van der Waals surface area (Å²) in [6.45, 7) is 1.94. The van der Waals surface area contributed by atoms with E-state index in [0.29, 0.717) is 26.4 Å². The molecule has 0 radical (unpaired) electrons. The van der Waals surface area contributed by atoms with Crippen LogP contribution in [0.1, 0.15) is 43.7 Å². The largest absolute Gasteiger partial charge is 0.352 e. The first-order chi connectivity index (χ1) is 15.3. The molecule has 0 bridgehead atoms.